The van der Waals surface area contributed by atoms with Gasteiger partial charge >= 0.3 is 6.18 Å². The fourth-order valence-electron chi connectivity index (χ4n) is 4.12. The van der Waals surface area contributed by atoms with Gasteiger partial charge in [0.05, 0.1) is 17.6 Å². The molecule has 9 nitrogen and oxygen atoms in total. The van der Waals surface area contributed by atoms with Crippen molar-refractivity contribution >= 4 is 33.9 Å². The van der Waals surface area contributed by atoms with Crippen LogP contribution in [0.5, 0.6) is 0 Å². The largest absolute Gasteiger partial charge is 0.433 e. The Kier molecular flexibility index (Phi) is 6.09. The van der Waals surface area contributed by atoms with E-state index in [1.54, 1.807) is 33.2 Å². The summed E-state index contributed by atoms with van der Waals surface area (Å²) in [5.41, 5.74) is -0.691. The molecule has 3 aromatic heterocycles. The van der Waals surface area contributed by atoms with Gasteiger partial charge in [-0.2, -0.15) is 23.4 Å². The van der Waals surface area contributed by atoms with Gasteiger partial charge in [-0.05, 0) is 29.8 Å². The van der Waals surface area contributed by atoms with Crippen LogP contribution in [0.3, 0.4) is 0 Å². The molecule has 2 amide bonds. The number of anilines is 1. The number of carbonyl (C=O) groups is 2. The standard InChI is InChI=1S/C26H22F3N7O2/c1-4-35-23(25(38)34(2)3)20(14-30-35)32-24(37)19-13-22-31-18(12-21(26(27,28)29)36(22)33-19)17-10-9-15-7-5-6-8-16(15)11-17/h5-14H,4H2,1-3H3,(H,32,37). The van der Waals surface area contributed by atoms with E-state index in [0.29, 0.717) is 16.6 Å². The molecule has 1 N–H and O–H groups in total. The average molecular weight is 522 g/mol. The van der Waals surface area contributed by atoms with E-state index < -0.39 is 23.7 Å². The van der Waals surface area contributed by atoms with Crippen molar-refractivity contribution in [3.63, 3.8) is 0 Å². The molecule has 194 valence electrons. The highest BCUT2D eigenvalue weighted by Gasteiger charge is 2.36. The molecular weight excluding hydrogens is 499 g/mol. The number of alkyl halides is 3. The van der Waals surface area contributed by atoms with Crippen molar-refractivity contribution in [3.05, 3.63) is 77.9 Å². The maximum atomic E-state index is 14.0. The van der Waals surface area contributed by atoms with E-state index in [1.165, 1.54) is 21.8 Å². The van der Waals surface area contributed by atoms with Crippen LogP contribution in [0.4, 0.5) is 18.9 Å². The van der Waals surface area contributed by atoms with Crippen LogP contribution < -0.4 is 5.32 Å². The first kappa shape index (κ1) is 24.9. The number of halogens is 3. The molecule has 0 saturated heterocycles. The smallest absolute Gasteiger partial charge is 0.343 e. The van der Waals surface area contributed by atoms with Gasteiger partial charge in [-0.3, -0.25) is 14.3 Å². The normalized spacial score (nSPS) is 11.7. The Bertz CT molecular complexity index is 1700. The third-order valence-corrected chi connectivity index (χ3v) is 5.99. The lowest BCUT2D eigenvalue weighted by Crippen LogP contribution is -2.26. The molecule has 0 fully saturated rings. The van der Waals surface area contributed by atoms with Crippen LogP contribution in [0, 0.1) is 0 Å². The van der Waals surface area contributed by atoms with Gasteiger partial charge in [-0.15, -0.1) is 0 Å². The van der Waals surface area contributed by atoms with Gasteiger partial charge in [0.1, 0.15) is 5.69 Å². The van der Waals surface area contributed by atoms with Crippen LogP contribution in [-0.4, -0.2) is 55.2 Å². The summed E-state index contributed by atoms with van der Waals surface area (Å²) in [6, 6.07) is 14.8. The molecule has 5 aromatic rings. The van der Waals surface area contributed by atoms with Crippen LogP contribution in [0.2, 0.25) is 0 Å². The van der Waals surface area contributed by atoms with Crippen molar-refractivity contribution in [2.24, 2.45) is 0 Å². The number of aryl methyl sites for hydroxylation is 1. The summed E-state index contributed by atoms with van der Waals surface area (Å²) in [5, 5.41) is 12.3. The van der Waals surface area contributed by atoms with Crippen LogP contribution >= 0.6 is 0 Å². The predicted octanol–water partition coefficient (Wildman–Crippen LogP) is 4.74. The highest BCUT2D eigenvalue weighted by Crippen LogP contribution is 2.33. The van der Waals surface area contributed by atoms with Crippen molar-refractivity contribution in [1.82, 2.24) is 29.3 Å². The minimum atomic E-state index is -4.76. The summed E-state index contributed by atoms with van der Waals surface area (Å²) in [4.78, 5) is 31.4. The number of hydrogen-bond donors (Lipinski definition) is 1. The van der Waals surface area contributed by atoms with Crippen molar-refractivity contribution in [3.8, 4) is 11.3 Å². The molecule has 0 saturated carbocycles. The number of hydrogen-bond acceptors (Lipinski definition) is 5. The molecule has 3 heterocycles. The van der Waals surface area contributed by atoms with Crippen molar-refractivity contribution < 1.29 is 22.8 Å². The molecule has 0 aliphatic rings. The molecule has 0 aliphatic carbocycles. The van der Waals surface area contributed by atoms with Gasteiger partial charge < -0.3 is 10.2 Å². The minimum absolute atomic E-state index is 0.0884. The number of benzene rings is 2. The molecule has 0 spiro atoms. The quantitative estimate of drug-likeness (QED) is 0.360. The number of nitrogens with one attached hydrogen (secondary N) is 1. The minimum Gasteiger partial charge on any atom is -0.343 e. The molecule has 0 radical (unpaired) electrons. The summed E-state index contributed by atoms with van der Waals surface area (Å²) in [6.07, 6.45) is -3.45. The van der Waals surface area contributed by atoms with E-state index >= 15 is 0 Å². The number of carbonyl (C=O) groups excluding carboxylic acids is 2. The van der Waals surface area contributed by atoms with Crippen molar-refractivity contribution in [2.75, 3.05) is 19.4 Å². The fraction of sp³-hybridized carbons (Fsp3) is 0.192. The first-order valence-corrected chi connectivity index (χ1v) is 11.6. The van der Waals surface area contributed by atoms with Gasteiger partial charge in [0.2, 0.25) is 0 Å². The molecular formula is C26H22F3N7O2. The van der Waals surface area contributed by atoms with Crippen molar-refractivity contribution in [2.45, 2.75) is 19.6 Å². The predicted molar refractivity (Wildman–Crippen MR) is 135 cm³/mol. The zero-order valence-corrected chi connectivity index (χ0v) is 20.6. The molecule has 5 rings (SSSR count). The first-order valence-electron chi connectivity index (χ1n) is 11.6. The first-order chi connectivity index (χ1) is 18.1. The zero-order valence-electron chi connectivity index (χ0n) is 20.6. The Hall–Kier alpha value is -4.74. The van der Waals surface area contributed by atoms with E-state index in [9.17, 15) is 22.8 Å². The van der Waals surface area contributed by atoms with Crippen LogP contribution in [0.25, 0.3) is 27.7 Å². The fourth-order valence-corrected chi connectivity index (χ4v) is 4.12. The summed E-state index contributed by atoms with van der Waals surface area (Å²) in [6.45, 7) is 2.15. The van der Waals surface area contributed by atoms with E-state index in [0.717, 1.165) is 16.8 Å². The van der Waals surface area contributed by atoms with Gasteiger partial charge in [-0.1, -0.05) is 36.4 Å². The Morgan fingerprint density at radius 1 is 1.03 bits per heavy atom. The van der Waals surface area contributed by atoms with E-state index in [-0.39, 0.29) is 28.4 Å². The van der Waals surface area contributed by atoms with Crippen LogP contribution in [0.15, 0.2) is 60.8 Å². The average Bonchev–Trinajstić information content (AvgIpc) is 3.50. The maximum absolute atomic E-state index is 14.0. The summed E-state index contributed by atoms with van der Waals surface area (Å²) in [5.74, 6) is -1.20. The van der Waals surface area contributed by atoms with E-state index in [2.05, 4.69) is 20.5 Å². The number of rotatable bonds is 5. The Labute approximate surface area is 214 Å². The van der Waals surface area contributed by atoms with Crippen LogP contribution in [-0.2, 0) is 12.7 Å². The Morgan fingerprint density at radius 3 is 2.45 bits per heavy atom. The topological polar surface area (TPSA) is 97.4 Å². The Balaban J connectivity index is 1.56. The van der Waals surface area contributed by atoms with Gasteiger partial charge in [0.15, 0.2) is 17.0 Å². The Morgan fingerprint density at radius 2 is 1.76 bits per heavy atom. The second-order valence-electron chi connectivity index (χ2n) is 8.76. The third kappa shape index (κ3) is 4.44. The van der Waals surface area contributed by atoms with Gasteiger partial charge in [0.25, 0.3) is 11.8 Å². The molecule has 0 unspecified atom stereocenters. The lowest BCUT2D eigenvalue weighted by atomic mass is 10.0. The summed E-state index contributed by atoms with van der Waals surface area (Å²) in [7, 11) is 3.11. The second-order valence-corrected chi connectivity index (χ2v) is 8.76. The zero-order chi connectivity index (χ0) is 27.2. The molecule has 0 bridgehead atoms. The monoisotopic (exact) mass is 521 g/mol. The molecule has 38 heavy (non-hydrogen) atoms. The number of aromatic nitrogens is 5. The lowest BCUT2D eigenvalue weighted by Gasteiger charge is -2.13. The van der Waals surface area contributed by atoms with E-state index in [1.807, 2.05) is 30.3 Å². The van der Waals surface area contributed by atoms with Gasteiger partial charge in [0, 0.05) is 32.3 Å². The lowest BCUT2D eigenvalue weighted by molar-refractivity contribution is -0.142. The maximum Gasteiger partial charge on any atom is 0.433 e. The number of fused-ring (bicyclic) bond motifs is 2. The highest BCUT2D eigenvalue weighted by molar-refractivity contribution is 6.07. The number of nitrogens with zero attached hydrogens (tertiary/aromatic N) is 6. The highest BCUT2D eigenvalue weighted by atomic mass is 19.4. The molecule has 0 aliphatic heterocycles. The van der Waals surface area contributed by atoms with Crippen LogP contribution in [0.1, 0.15) is 33.6 Å². The number of amides is 2. The molecule has 0 atom stereocenters. The molecule has 2 aromatic carbocycles. The van der Waals surface area contributed by atoms with Crippen molar-refractivity contribution in [1.29, 1.82) is 0 Å². The third-order valence-electron chi connectivity index (χ3n) is 5.99. The summed E-state index contributed by atoms with van der Waals surface area (Å²) >= 11 is 0. The second kappa shape index (κ2) is 9.29. The van der Waals surface area contributed by atoms with E-state index in [4.69, 9.17) is 0 Å². The SMILES string of the molecule is CCn1ncc(NC(=O)c2cc3nc(-c4ccc5ccccc5c4)cc(C(F)(F)F)n3n2)c1C(=O)N(C)C. The summed E-state index contributed by atoms with van der Waals surface area (Å²) < 4.78 is 44.1. The molecule has 12 heteroatoms. The van der Waals surface area contributed by atoms with Gasteiger partial charge in [-0.25, -0.2) is 9.50 Å².